The highest BCUT2D eigenvalue weighted by Crippen LogP contribution is 2.30. The van der Waals surface area contributed by atoms with E-state index in [1.54, 1.807) is 4.90 Å². The molecule has 2 fully saturated rings. The summed E-state index contributed by atoms with van der Waals surface area (Å²) in [5.41, 5.74) is -0.398. The van der Waals surface area contributed by atoms with E-state index in [0.29, 0.717) is 30.6 Å². The molecule has 114 valence electrons. The second-order valence-corrected chi connectivity index (χ2v) is 5.72. The van der Waals surface area contributed by atoms with Crippen LogP contribution in [0.5, 0.6) is 0 Å². The Labute approximate surface area is 121 Å². The quantitative estimate of drug-likeness (QED) is 0.864. The van der Waals surface area contributed by atoms with Gasteiger partial charge in [-0.25, -0.2) is 0 Å². The second kappa shape index (κ2) is 5.33. The smallest absolute Gasteiger partial charge is 0.338 e. The molecule has 0 aromatic heterocycles. The normalized spacial score (nSPS) is 25.8. The second-order valence-electron chi connectivity index (χ2n) is 5.72. The first-order valence-electron chi connectivity index (χ1n) is 7.15. The molecule has 0 bridgehead atoms. The largest absolute Gasteiger partial charge is 0.416 e. The fourth-order valence-electron chi connectivity index (χ4n) is 3.22. The maximum Gasteiger partial charge on any atom is 0.416 e. The lowest BCUT2D eigenvalue weighted by molar-refractivity contribution is -0.137. The lowest BCUT2D eigenvalue weighted by atomic mass is 9.93. The summed E-state index contributed by atoms with van der Waals surface area (Å²) in [6.45, 7) is 2.34. The molecule has 3 nitrogen and oxygen atoms in total. The number of hydrogen-bond donors (Lipinski definition) is 1. The average molecular weight is 298 g/mol. The highest BCUT2D eigenvalue weighted by Gasteiger charge is 2.35. The Morgan fingerprint density at radius 2 is 1.90 bits per heavy atom. The first-order valence-corrected chi connectivity index (χ1v) is 7.15. The van der Waals surface area contributed by atoms with Crippen LogP contribution in [0.4, 0.5) is 13.2 Å². The summed E-state index contributed by atoms with van der Waals surface area (Å²) < 4.78 is 37.6. The molecule has 1 aromatic carbocycles. The van der Waals surface area contributed by atoms with Gasteiger partial charge in [0.25, 0.3) is 5.91 Å². The molecule has 6 heteroatoms. The number of hydrogen-bond acceptors (Lipinski definition) is 2. The van der Waals surface area contributed by atoms with Crippen molar-refractivity contribution in [2.24, 2.45) is 5.92 Å². The Balaban J connectivity index is 1.70. The summed E-state index contributed by atoms with van der Waals surface area (Å²) in [7, 11) is 0. The number of nitrogens with one attached hydrogen (secondary N) is 1. The Kier molecular flexibility index (Phi) is 3.65. The number of rotatable bonds is 1. The van der Waals surface area contributed by atoms with Crippen molar-refractivity contribution in [3.63, 3.8) is 0 Å². The third-order valence-electron chi connectivity index (χ3n) is 4.40. The van der Waals surface area contributed by atoms with Crippen molar-refractivity contribution in [2.45, 2.75) is 25.1 Å². The molecule has 0 spiro atoms. The van der Waals surface area contributed by atoms with Gasteiger partial charge in [0.2, 0.25) is 0 Å². The maximum absolute atomic E-state index is 12.5. The molecular weight excluding hydrogens is 281 g/mol. The lowest BCUT2D eigenvalue weighted by Crippen LogP contribution is -2.46. The molecule has 0 aliphatic carbocycles. The van der Waals surface area contributed by atoms with Gasteiger partial charge in [-0.15, -0.1) is 0 Å². The minimum Gasteiger partial charge on any atom is -0.338 e. The summed E-state index contributed by atoms with van der Waals surface area (Å²) >= 11 is 0. The van der Waals surface area contributed by atoms with Crippen molar-refractivity contribution in [2.75, 3.05) is 19.6 Å². The van der Waals surface area contributed by atoms with Gasteiger partial charge in [0.05, 0.1) is 5.56 Å². The van der Waals surface area contributed by atoms with E-state index in [-0.39, 0.29) is 5.91 Å². The van der Waals surface area contributed by atoms with Crippen LogP contribution in [0.3, 0.4) is 0 Å². The third kappa shape index (κ3) is 2.90. The molecule has 2 unspecified atom stereocenters. The summed E-state index contributed by atoms with van der Waals surface area (Å²) in [6.07, 6.45) is -2.39. The van der Waals surface area contributed by atoms with E-state index in [2.05, 4.69) is 5.32 Å². The SMILES string of the molecule is O=C(c1ccc(C(F)(F)F)cc1)N1CCC2NCCC2C1. The Bertz CT molecular complexity index is 527. The molecular formula is C15H17F3N2O. The zero-order valence-electron chi connectivity index (χ0n) is 11.5. The average Bonchev–Trinajstić information content (AvgIpc) is 2.93. The summed E-state index contributed by atoms with van der Waals surface area (Å²) in [5, 5.41) is 3.42. The van der Waals surface area contributed by atoms with E-state index >= 15 is 0 Å². The molecule has 3 rings (SSSR count). The van der Waals surface area contributed by atoms with Crippen LogP contribution in [-0.2, 0) is 6.18 Å². The molecule has 2 atom stereocenters. The Hall–Kier alpha value is -1.56. The van der Waals surface area contributed by atoms with Crippen LogP contribution in [0.1, 0.15) is 28.8 Å². The Morgan fingerprint density at radius 3 is 2.57 bits per heavy atom. The van der Waals surface area contributed by atoms with E-state index in [0.717, 1.165) is 31.5 Å². The fraction of sp³-hybridized carbons (Fsp3) is 0.533. The van der Waals surface area contributed by atoms with E-state index in [4.69, 9.17) is 0 Å². The van der Waals surface area contributed by atoms with Gasteiger partial charge in [-0.05, 0) is 49.6 Å². The minimum absolute atomic E-state index is 0.172. The summed E-state index contributed by atoms with van der Waals surface area (Å²) in [5.74, 6) is 0.297. The van der Waals surface area contributed by atoms with Gasteiger partial charge in [-0.2, -0.15) is 13.2 Å². The third-order valence-corrected chi connectivity index (χ3v) is 4.40. The zero-order chi connectivity index (χ0) is 15.0. The van der Waals surface area contributed by atoms with Crippen molar-refractivity contribution in [3.8, 4) is 0 Å². The molecule has 2 heterocycles. The van der Waals surface area contributed by atoms with Crippen molar-refractivity contribution in [3.05, 3.63) is 35.4 Å². The molecule has 2 aliphatic heterocycles. The number of piperidine rings is 1. The van der Waals surface area contributed by atoms with Crippen molar-refractivity contribution in [1.82, 2.24) is 10.2 Å². The maximum atomic E-state index is 12.5. The molecule has 1 aromatic rings. The standard InChI is InChI=1S/C15H17F3N2O/c16-15(17,18)12-3-1-10(2-4-12)14(21)20-8-6-13-11(9-20)5-7-19-13/h1-4,11,13,19H,5-9H2. The number of carbonyl (C=O) groups is 1. The van der Waals surface area contributed by atoms with Crippen molar-refractivity contribution in [1.29, 1.82) is 0 Å². The molecule has 0 saturated carbocycles. The fourth-order valence-corrected chi connectivity index (χ4v) is 3.22. The first-order chi connectivity index (χ1) is 9.95. The molecule has 1 amide bonds. The van der Waals surface area contributed by atoms with Crippen LogP contribution in [0.25, 0.3) is 0 Å². The van der Waals surface area contributed by atoms with E-state index in [1.807, 2.05) is 0 Å². The monoisotopic (exact) mass is 298 g/mol. The highest BCUT2D eigenvalue weighted by molar-refractivity contribution is 5.94. The van der Waals surface area contributed by atoms with Crippen LogP contribution >= 0.6 is 0 Å². The number of alkyl halides is 3. The van der Waals surface area contributed by atoms with Crippen LogP contribution in [0.2, 0.25) is 0 Å². The van der Waals surface area contributed by atoms with Crippen LogP contribution in [0, 0.1) is 5.92 Å². The minimum atomic E-state index is -4.37. The lowest BCUT2D eigenvalue weighted by Gasteiger charge is -2.35. The number of halogens is 3. The number of fused-ring (bicyclic) bond motifs is 1. The van der Waals surface area contributed by atoms with E-state index < -0.39 is 11.7 Å². The van der Waals surface area contributed by atoms with Gasteiger partial charge in [0, 0.05) is 24.7 Å². The van der Waals surface area contributed by atoms with Gasteiger partial charge in [-0.3, -0.25) is 4.79 Å². The van der Waals surface area contributed by atoms with Gasteiger partial charge in [0.1, 0.15) is 0 Å². The zero-order valence-corrected chi connectivity index (χ0v) is 11.5. The van der Waals surface area contributed by atoms with Crippen LogP contribution in [-0.4, -0.2) is 36.5 Å². The Morgan fingerprint density at radius 1 is 1.19 bits per heavy atom. The summed E-state index contributed by atoms with van der Waals surface area (Å²) in [6, 6.07) is 4.96. The highest BCUT2D eigenvalue weighted by atomic mass is 19.4. The van der Waals surface area contributed by atoms with Crippen LogP contribution in [0.15, 0.2) is 24.3 Å². The van der Waals surface area contributed by atoms with E-state index in [1.165, 1.54) is 12.1 Å². The molecule has 2 saturated heterocycles. The van der Waals surface area contributed by atoms with Crippen molar-refractivity contribution >= 4 is 5.91 Å². The van der Waals surface area contributed by atoms with Crippen molar-refractivity contribution < 1.29 is 18.0 Å². The van der Waals surface area contributed by atoms with Gasteiger partial charge >= 0.3 is 6.18 Å². The summed E-state index contributed by atoms with van der Waals surface area (Å²) in [4.78, 5) is 14.1. The van der Waals surface area contributed by atoms with Gasteiger partial charge < -0.3 is 10.2 Å². The van der Waals surface area contributed by atoms with Gasteiger partial charge in [0.15, 0.2) is 0 Å². The molecule has 2 aliphatic rings. The predicted octanol–water partition coefficient (Wildman–Crippen LogP) is 2.53. The molecule has 0 radical (unpaired) electrons. The number of likely N-dealkylation sites (tertiary alicyclic amines) is 1. The number of amides is 1. The molecule has 21 heavy (non-hydrogen) atoms. The number of nitrogens with zero attached hydrogens (tertiary/aromatic N) is 1. The first kappa shape index (κ1) is 14.4. The topological polar surface area (TPSA) is 32.3 Å². The predicted molar refractivity (Wildman–Crippen MR) is 71.9 cm³/mol. The number of carbonyl (C=O) groups excluding carboxylic acids is 1. The number of benzene rings is 1. The van der Waals surface area contributed by atoms with Crippen LogP contribution < -0.4 is 5.32 Å². The van der Waals surface area contributed by atoms with E-state index in [9.17, 15) is 18.0 Å². The molecule has 1 N–H and O–H groups in total. The van der Waals surface area contributed by atoms with Gasteiger partial charge in [-0.1, -0.05) is 0 Å².